The molecule has 0 aliphatic carbocycles. The lowest BCUT2D eigenvalue weighted by atomic mass is 10.1. The second-order valence-corrected chi connectivity index (χ2v) is 6.06. The molecule has 1 aliphatic rings. The summed E-state index contributed by atoms with van der Waals surface area (Å²) in [6.07, 6.45) is -0.326. The molecule has 3 rings (SSSR count). The van der Waals surface area contributed by atoms with Crippen molar-refractivity contribution in [1.82, 2.24) is 5.32 Å². The summed E-state index contributed by atoms with van der Waals surface area (Å²) in [5, 5.41) is 18.6. The molecule has 1 aromatic heterocycles. The highest BCUT2D eigenvalue weighted by molar-refractivity contribution is 9.10. The normalized spacial score (nSPS) is 17.1. The van der Waals surface area contributed by atoms with Crippen molar-refractivity contribution in [3.05, 3.63) is 54.7 Å². The highest BCUT2D eigenvalue weighted by Crippen LogP contribution is 2.32. The van der Waals surface area contributed by atoms with Crippen molar-refractivity contribution in [1.29, 1.82) is 0 Å². The van der Waals surface area contributed by atoms with Gasteiger partial charge in [-0.05, 0) is 28.1 Å². The number of carbonyl (C=O) groups is 1. The minimum absolute atomic E-state index is 0.0991. The molecule has 0 saturated carbocycles. The number of nitrogens with one attached hydrogen (secondary N) is 2. The average Bonchev–Trinajstić information content (AvgIpc) is 2.85. The SMILES string of the molecule is O=C1NC(c2cc(Br)cs2)Nc2ccc([N+](=O)[O-])cc21. The number of nitro groups is 1. The van der Waals surface area contributed by atoms with Gasteiger partial charge in [-0.25, -0.2) is 0 Å². The molecule has 1 aliphatic heterocycles. The van der Waals surface area contributed by atoms with Gasteiger partial charge in [-0.1, -0.05) is 0 Å². The highest BCUT2D eigenvalue weighted by atomic mass is 79.9. The van der Waals surface area contributed by atoms with Crippen molar-refractivity contribution < 1.29 is 9.72 Å². The van der Waals surface area contributed by atoms with Crippen molar-refractivity contribution in [3.63, 3.8) is 0 Å². The summed E-state index contributed by atoms with van der Waals surface area (Å²) in [6, 6.07) is 6.13. The topological polar surface area (TPSA) is 84.3 Å². The number of hydrogen-bond donors (Lipinski definition) is 2. The number of thiophene rings is 1. The van der Waals surface area contributed by atoms with Crippen molar-refractivity contribution in [3.8, 4) is 0 Å². The van der Waals surface area contributed by atoms with Crippen LogP contribution in [0.25, 0.3) is 0 Å². The van der Waals surface area contributed by atoms with E-state index < -0.39 is 4.92 Å². The predicted octanol–water partition coefficient (Wildman–Crippen LogP) is 3.27. The molecular formula is C12H8BrN3O3S. The Morgan fingerprint density at radius 2 is 2.10 bits per heavy atom. The number of halogens is 1. The van der Waals surface area contributed by atoms with Gasteiger partial charge in [-0.3, -0.25) is 14.9 Å². The summed E-state index contributed by atoms with van der Waals surface area (Å²) in [5.41, 5.74) is 0.776. The molecule has 0 spiro atoms. The number of rotatable bonds is 2. The highest BCUT2D eigenvalue weighted by Gasteiger charge is 2.27. The summed E-state index contributed by atoms with van der Waals surface area (Å²) in [6.45, 7) is 0. The van der Waals surface area contributed by atoms with E-state index in [0.29, 0.717) is 5.69 Å². The third-order valence-corrected chi connectivity index (χ3v) is 4.66. The summed E-state index contributed by atoms with van der Waals surface area (Å²) in [7, 11) is 0. The molecule has 0 saturated heterocycles. The fourth-order valence-corrected chi connectivity index (χ4v) is 3.43. The molecule has 2 N–H and O–H groups in total. The first-order valence-electron chi connectivity index (χ1n) is 5.64. The maximum absolute atomic E-state index is 12.1. The summed E-state index contributed by atoms with van der Waals surface area (Å²) in [5.74, 6) is -0.322. The van der Waals surface area contributed by atoms with Crippen LogP contribution < -0.4 is 10.6 Å². The number of non-ortho nitro benzene ring substituents is 1. The van der Waals surface area contributed by atoms with Crippen LogP contribution in [0.5, 0.6) is 0 Å². The van der Waals surface area contributed by atoms with Crippen molar-refractivity contribution in [2.24, 2.45) is 0 Å². The third kappa shape index (κ3) is 2.27. The zero-order valence-corrected chi connectivity index (χ0v) is 12.3. The Bertz CT molecular complexity index is 716. The fourth-order valence-electron chi connectivity index (χ4n) is 1.98. The first-order chi connectivity index (χ1) is 9.54. The van der Waals surface area contributed by atoms with Gasteiger partial charge >= 0.3 is 0 Å². The molecule has 1 aromatic carbocycles. The van der Waals surface area contributed by atoms with Crippen molar-refractivity contribution in [2.45, 2.75) is 6.17 Å². The van der Waals surface area contributed by atoms with E-state index in [1.807, 2.05) is 11.4 Å². The maximum atomic E-state index is 12.1. The Morgan fingerprint density at radius 1 is 1.30 bits per heavy atom. The van der Waals surface area contributed by atoms with Crippen LogP contribution in [0.4, 0.5) is 11.4 Å². The van der Waals surface area contributed by atoms with Crippen LogP contribution >= 0.6 is 27.3 Å². The summed E-state index contributed by atoms with van der Waals surface area (Å²) >= 11 is 4.87. The third-order valence-electron chi connectivity index (χ3n) is 2.91. The number of nitrogens with zero attached hydrogens (tertiary/aromatic N) is 1. The molecule has 0 bridgehead atoms. The van der Waals surface area contributed by atoms with Crippen molar-refractivity contribution in [2.75, 3.05) is 5.32 Å². The summed E-state index contributed by atoms with van der Waals surface area (Å²) < 4.78 is 0.947. The smallest absolute Gasteiger partial charge is 0.270 e. The van der Waals surface area contributed by atoms with Gasteiger partial charge in [-0.2, -0.15) is 0 Å². The average molecular weight is 354 g/mol. The predicted molar refractivity (Wildman–Crippen MR) is 78.9 cm³/mol. The largest absolute Gasteiger partial charge is 0.360 e. The van der Waals surface area contributed by atoms with Gasteiger partial charge in [0, 0.05) is 32.6 Å². The number of benzene rings is 1. The molecule has 0 fully saturated rings. The molecule has 1 atom stereocenters. The lowest BCUT2D eigenvalue weighted by Crippen LogP contribution is -2.38. The monoisotopic (exact) mass is 353 g/mol. The molecule has 20 heavy (non-hydrogen) atoms. The number of hydrogen-bond acceptors (Lipinski definition) is 5. The van der Waals surface area contributed by atoms with Crippen molar-refractivity contribution >= 4 is 44.5 Å². The molecule has 8 heteroatoms. The Balaban J connectivity index is 1.95. The zero-order chi connectivity index (χ0) is 14.3. The number of fused-ring (bicyclic) bond motifs is 1. The Labute approximate surface area is 126 Å². The van der Waals surface area contributed by atoms with E-state index in [0.717, 1.165) is 9.35 Å². The second-order valence-electron chi connectivity index (χ2n) is 4.21. The number of carbonyl (C=O) groups excluding carboxylic acids is 1. The number of amides is 1. The van der Waals surface area contributed by atoms with E-state index in [1.54, 1.807) is 6.07 Å². The van der Waals surface area contributed by atoms with E-state index in [9.17, 15) is 14.9 Å². The molecule has 1 amide bonds. The minimum Gasteiger partial charge on any atom is -0.360 e. The lowest BCUT2D eigenvalue weighted by Gasteiger charge is -2.26. The Kier molecular flexibility index (Phi) is 3.19. The summed E-state index contributed by atoms with van der Waals surface area (Å²) in [4.78, 5) is 23.2. The van der Waals surface area contributed by atoms with E-state index in [2.05, 4.69) is 26.6 Å². The first kappa shape index (κ1) is 13.1. The quantitative estimate of drug-likeness (QED) is 0.640. The van der Waals surface area contributed by atoms with E-state index >= 15 is 0 Å². The van der Waals surface area contributed by atoms with E-state index in [1.165, 1.54) is 23.5 Å². The van der Waals surface area contributed by atoms with Gasteiger partial charge in [0.05, 0.1) is 10.5 Å². The Hall–Kier alpha value is -1.93. The maximum Gasteiger partial charge on any atom is 0.270 e. The molecule has 102 valence electrons. The van der Waals surface area contributed by atoms with Gasteiger partial charge in [-0.15, -0.1) is 11.3 Å². The Morgan fingerprint density at radius 3 is 2.75 bits per heavy atom. The number of anilines is 1. The molecule has 2 aromatic rings. The van der Waals surface area contributed by atoms with Gasteiger partial charge in [0.15, 0.2) is 0 Å². The van der Waals surface area contributed by atoms with Crippen LogP contribution in [0.3, 0.4) is 0 Å². The molecule has 6 nitrogen and oxygen atoms in total. The van der Waals surface area contributed by atoms with Gasteiger partial charge in [0.1, 0.15) is 6.17 Å². The second kappa shape index (κ2) is 4.88. The van der Waals surface area contributed by atoms with E-state index in [-0.39, 0.29) is 23.3 Å². The van der Waals surface area contributed by atoms with Crippen LogP contribution in [0.15, 0.2) is 34.1 Å². The number of nitro benzene ring substituents is 1. The first-order valence-corrected chi connectivity index (χ1v) is 7.31. The van der Waals surface area contributed by atoms with Crippen LogP contribution in [0, 0.1) is 10.1 Å². The van der Waals surface area contributed by atoms with Crippen LogP contribution in [0.2, 0.25) is 0 Å². The fraction of sp³-hybridized carbons (Fsp3) is 0.0833. The van der Waals surface area contributed by atoms with E-state index in [4.69, 9.17) is 0 Å². The minimum atomic E-state index is -0.518. The molecular weight excluding hydrogens is 346 g/mol. The lowest BCUT2D eigenvalue weighted by molar-refractivity contribution is -0.384. The molecule has 2 heterocycles. The van der Waals surface area contributed by atoms with Crippen LogP contribution in [0.1, 0.15) is 21.4 Å². The van der Waals surface area contributed by atoms with Gasteiger partial charge < -0.3 is 10.6 Å². The standard InChI is InChI=1S/C12H8BrN3O3S/c13-6-3-10(20-5-6)11-14-9-2-1-7(16(18)19)4-8(9)12(17)15-11/h1-5,11,14H,(H,15,17). The molecule has 1 unspecified atom stereocenters. The van der Waals surface area contributed by atoms with Gasteiger partial charge in [0.2, 0.25) is 0 Å². The van der Waals surface area contributed by atoms with Crippen LogP contribution in [-0.2, 0) is 0 Å². The van der Waals surface area contributed by atoms with Gasteiger partial charge in [0.25, 0.3) is 11.6 Å². The van der Waals surface area contributed by atoms with Crippen LogP contribution in [-0.4, -0.2) is 10.8 Å². The zero-order valence-electron chi connectivity index (χ0n) is 9.92. The molecule has 0 radical (unpaired) electrons.